The molecule has 2 aliphatic heterocycles. The summed E-state index contributed by atoms with van der Waals surface area (Å²) in [6.45, 7) is 3.71. The number of hydrogen-bond acceptors (Lipinski definition) is 4. The first-order valence-corrected chi connectivity index (χ1v) is 9.96. The van der Waals surface area contributed by atoms with E-state index in [9.17, 15) is 8.42 Å². The Bertz CT molecular complexity index is 679. The Hall–Kier alpha value is -1.11. The maximum atomic E-state index is 13.2. The fraction of sp³-hybridized carbons (Fsp3) is 0.647. The number of fused-ring (bicyclic) bond motifs is 1. The van der Waals surface area contributed by atoms with E-state index in [2.05, 4.69) is 5.32 Å². The van der Waals surface area contributed by atoms with E-state index in [1.54, 1.807) is 22.5 Å². The molecule has 1 saturated heterocycles. The number of hydrogen-bond donors (Lipinski definition) is 1. The summed E-state index contributed by atoms with van der Waals surface area (Å²) < 4.78 is 34.1. The van der Waals surface area contributed by atoms with Gasteiger partial charge < -0.3 is 10.1 Å². The molecule has 1 saturated carbocycles. The van der Waals surface area contributed by atoms with Crippen molar-refractivity contribution in [3.05, 3.63) is 24.3 Å². The van der Waals surface area contributed by atoms with Gasteiger partial charge in [0.05, 0.1) is 6.61 Å². The van der Waals surface area contributed by atoms with E-state index in [0.29, 0.717) is 36.3 Å². The first kappa shape index (κ1) is 15.4. The van der Waals surface area contributed by atoms with Crippen LogP contribution in [0.3, 0.4) is 0 Å². The van der Waals surface area contributed by atoms with Crippen LogP contribution in [0.15, 0.2) is 29.2 Å². The number of nitrogens with one attached hydrogen (secondary N) is 1. The van der Waals surface area contributed by atoms with Crippen molar-refractivity contribution in [2.75, 3.05) is 32.8 Å². The van der Waals surface area contributed by atoms with Crippen LogP contribution >= 0.6 is 0 Å². The van der Waals surface area contributed by atoms with Crippen molar-refractivity contribution in [1.82, 2.24) is 9.62 Å². The molecule has 5 nitrogen and oxygen atoms in total. The molecule has 0 atom stereocenters. The normalized spacial score (nSPS) is 26.8. The highest BCUT2D eigenvalue weighted by Gasteiger charge is 2.43. The van der Waals surface area contributed by atoms with Gasteiger partial charge in [-0.05, 0) is 56.8 Å². The molecule has 1 N–H and O–H groups in total. The van der Waals surface area contributed by atoms with Crippen LogP contribution in [0.2, 0.25) is 0 Å². The van der Waals surface area contributed by atoms with E-state index >= 15 is 0 Å². The van der Waals surface area contributed by atoms with E-state index in [4.69, 9.17) is 4.74 Å². The predicted molar refractivity (Wildman–Crippen MR) is 88.0 cm³/mol. The maximum absolute atomic E-state index is 13.2. The third kappa shape index (κ3) is 2.99. The van der Waals surface area contributed by atoms with Gasteiger partial charge in [0, 0.05) is 18.5 Å². The molecule has 0 aromatic heterocycles. The zero-order valence-electron chi connectivity index (χ0n) is 13.3. The van der Waals surface area contributed by atoms with Crippen LogP contribution in [0.25, 0.3) is 0 Å². The van der Waals surface area contributed by atoms with Crippen LogP contribution in [0.4, 0.5) is 0 Å². The first-order valence-electron chi connectivity index (χ1n) is 8.52. The average molecular weight is 336 g/mol. The SMILES string of the molecule is O=S1(=O)c2ccccc2OCC2(CCNCC2)CN1CC1CC1. The van der Waals surface area contributed by atoms with Gasteiger partial charge in [0.15, 0.2) is 0 Å². The summed E-state index contributed by atoms with van der Waals surface area (Å²) >= 11 is 0. The highest BCUT2D eigenvalue weighted by atomic mass is 32.2. The second-order valence-electron chi connectivity index (χ2n) is 7.23. The van der Waals surface area contributed by atoms with Crippen LogP contribution < -0.4 is 10.1 Å². The third-order valence-electron chi connectivity index (χ3n) is 5.34. The quantitative estimate of drug-likeness (QED) is 0.895. The Balaban J connectivity index is 1.74. The molecule has 0 radical (unpaired) electrons. The van der Waals surface area contributed by atoms with E-state index in [1.807, 2.05) is 6.07 Å². The van der Waals surface area contributed by atoms with E-state index in [-0.39, 0.29) is 5.41 Å². The summed E-state index contributed by atoms with van der Waals surface area (Å²) in [5.41, 5.74) is -0.0687. The molecule has 0 unspecified atom stereocenters. The molecule has 2 heterocycles. The van der Waals surface area contributed by atoms with Crippen LogP contribution in [0.5, 0.6) is 5.75 Å². The van der Waals surface area contributed by atoms with Gasteiger partial charge in [-0.2, -0.15) is 4.31 Å². The Labute approximate surface area is 138 Å². The van der Waals surface area contributed by atoms with Crippen molar-refractivity contribution in [3.63, 3.8) is 0 Å². The Morgan fingerprint density at radius 2 is 1.96 bits per heavy atom. The summed E-state index contributed by atoms with van der Waals surface area (Å²) in [7, 11) is -3.49. The number of ether oxygens (including phenoxy) is 1. The average Bonchev–Trinajstić information content (AvgIpc) is 3.37. The van der Waals surface area contributed by atoms with Gasteiger partial charge in [0.1, 0.15) is 10.6 Å². The third-order valence-corrected chi connectivity index (χ3v) is 7.19. The molecule has 4 rings (SSSR count). The lowest BCUT2D eigenvalue weighted by atomic mass is 9.79. The smallest absolute Gasteiger partial charge is 0.246 e. The fourth-order valence-electron chi connectivity index (χ4n) is 3.67. The van der Waals surface area contributed by atoms with Crippen molar-refractivity contribution < 1.29 is 13.2 Å². The summed E-state index contributed by atoms with van der Waals surface area (Å²) in [6.07, 6.45) is 4.23. The summed E-state index contributed by atoms with van der Waals surface area (Å²) in [5, 5.41) is 3.38. The first-order chi connectivity index (χ1) is 11.1. The van der Waals surface area contributed by atoms with E-state index in [1.165, 1.54) is 0 Å². The number of para-hydroxylation sites is 1. The minimum Gasteiger partial charge on any atom is -0.492 e. The Kier molecular flexibility index (Phi) is 3.86. The second kappa shape index (κ2) is 5.76. The van der Waals surface area contributed by atoms with Crippen molar-refractivity contribution in [1.29, 1.82) is 0 Å². The van der Waals surface area contributed by atoms with Crippen molar-refractivity contribution in [2.24, 2.45) is 11.3 Å². The maximum Gasteiger partial charge on any atom is 0.246 e. The standard InChI is InChI=1S/C17H24N2O3S/c20-23(21)16-4-2-1-3-15(16)22-13-17(7-9-18-10-8-17)12-19(23)11-14-5-6-14/h1-4,14,18H,5-13H2. The van der Waals surface area contributed by atoms with E-state index in [0.717, 1.165) is 38.8 Å². The monoisotopic (exact) mass is 336 g/mol. The van der Waals surface area contributed by atoms with Crippen molar-refractivity contribution in [2.45, 2.75) is 30.6 Å². The Morgan fingerprint density at radius 3 is 2.70 bits per heavy atom. The molecular formula is C17H24N2O3S. The largest absolute Gasteiger partial charge is 0.492 e. The van der Waals surface area contributed by atoms with Crippen molar-refractivity contribution >= 4 is 10.0 Å². The van der Waals surface area contributed by atoms with Gasteiger partial charge in [0.2, 0.25) is 10.0 Å². The molecule has 1 spiro atoms. The number of nitrogens with zero attached hydrogens (tertiary/aromatic N) is 1. The highest BCUT2D eigenvalue weighted by molar-refractivity contribution is 7.89. The molecular weight excluding hydrogens is 312 g/mol. The lowest BCUT2D eigenvalue weighted by molar-refractivity contribution is 0.0747. The minimum absolute atomic E-state index is 0.0687. The van der Waals surface area contributed by atoms with Gasteiger partial charge in [-0.3, -0.25) is 0 Å². The second-order valence-corrected chi connectivity index (χ2v) is 9.13. The minimum atomic E-state index is -3.49. The van der Waals surface area contributed by atoms with Gasteiger partial charge in [0.25, 0.3) is 0 Å². The molecule has 1 aromatic rings. The Morgan fingerprint density at radius 1 is 1.22 bits per heavy atom. The fourth-order valence-corrected chi connectivity index (χ4v) is 5.43. The summed E-state index contributed by atoms with van der Waals surface area (Å²) in [5.74, 6) is 1.04. The van der Waals surface area contributed by atoms with Crippen LogP contribution in [0, 0.1) is 11.3 Å². The molecule has 2 fully saturated rings. The zero-order chi connectivity index (χ0) is 15.9. The van der Waals surface area contributed by atoms with Gasteiger partial charge in [-0.25, -0.2) is 8.42 Å². The molecule has 0 bridgehead atoms. The number of benzene rings is 1. The van der Waals surface area contributed by atoms with Gasteiger partial charge in [-0.15, -0.1) is 0 Å². The lowest BCUT2D eigenvalue weighted by Gasteiger charge is -2.42. The predicted octanol–water partition coefficient (Wildman–Crippen LogP) is 1.85. The highest BCUT2D eigenvalue weighted by Crippen LogP contribution is 2.40. The number of sulfonamides is 1. The molecule has 1 aromatic carbocycles. The van der Waals surface area contributed by atoms with Crippen LogP contribution in [-0.2, 0) is 10.0 Å². The number of rotatable bonds is 2. The topological polar surface area (TPSA) is 58.6 Å². The molecule has 3 aliphatic rings. The van der Waals surface area contributed by atoms with Crippen LogP contribution in [0.1, 0.15) is 25.7 Å². The van der Waals surface area contributed by atoms with Crippen LogP contribution in [-0.4, -0.2) is 45.5 Å². The molecule has 126 valence electrons. The number of piperidine rings is 1. The summed E-state index contributed by atoms with van der Waals surface area (Å²) in [4.78, 5) is 0.324. The molecule has 1 aliphatic carbocycles. The zero-order valence-corrected chi connectivity index (χ0v) is 14.1. The van der Waals surface area contributed by atoms with Crippen molar-refractivity contribution in [3.8, 4) is 5.75 Å². The van der Waals surface area contributed by atoms with E-state index < -0.39 is 10.0 Å². The molecule has 6 heteroatoms. The van der Waals surface area contributed by atoms with Gasteiger partial charge >= 0.3 is 0 Å². The lowest BCUT2D eigenvalue weighted by Crippen LogP contribution is -2.51. The van der Waals surface area contributed by atoms with Gasteiger partial charge in [-0.1, -0.05) is 12.1 Å². The summed E-state index contributed by atoms with van der Waals surface area (Å²) in [6, 6.07) is 7.07. The molecule has 0 amide bonds. The molecule has 23 heavy (non-hydrogen) atoms.